The molecule has 0 spiro atoms. The van der Waals surface area contributed by atoms with Crippen LogP contribution in [0.2, 0.25) is 0 Å². The number of hydrogen-bond donors (Lipinski definition) is 2. The van der Waals surface area contributed by atoms with Crippen molar-refractivity contribution in [2.24, 2.45) is 0 Å². The number of rotatable bonds is 6. The summed E-state index contributed by atoms with van der Waals surface area (Å²) in [5.41, 5.74) is -1.01. The fraction of sp³-hybridized carbons (Fsp3) is 1.00. The lowest BCUT2D eigenvalue weighted by atomic mass is 10.1. The summed E-state index contributed by atoms with van der Waals surface area (Å²) >= 11 is 0. The van der Waals surface area contributed by atoms with Gasteiger partial charge in [-0.3, -0.25) is 0 Å². The number of nitrogens with zero attached hydrogens (tertiary/aromatic N) is 1. The Balaban J connectivity index is 2.63. The Labute approximate surface area is 91.7 Å². The molecule has 5 nitrogen and oxygen atoms in total. The maximum Gasteiger partial charge on any atom is 0.279 e. The minimum absolute atomic E-state index is 0.103. The van der Waals surface area contributed by atoms with Gasteiger partial charge in [-0.1, -0.05) is 6.92 Å². The summed E-state index contributed by atoms with van der Waals surface area (Å²) in [4.78, 5) is 0. The molecule has 1 saturated carbocycles. The lowest BCUT2D eigenvalue weighted by Gasteiger charge is -2.27. The molecule has 6 heteroatoms. The van der Waals surface area contributed by atoms with Crippen LogP contribution >= 0.6 is 0 Å². The fourth-order valence-corrected chi connectivity index (χ4v) is 2.92. The summed E-state index contributed by atoms with van der Waals surface area (Å²) in [5, 5.41) is 9.60. The Kier molecular flexibility index (Phi) is 3.76. The molecular formula is C9H20N2O3S. The van der Waals surface area contributed by atoms with Crippen LogP contribution in [0.3, 0.4) is 0 Å². The number of hydrogen-bond acceptors (Lipinski definition) is 3. The maximum absolute atomic E-state index is 11.8. The molecule has 0 unspecified atom stereocenters. The summed E-state index contributed by atoms with van der Waals surface area (Å²) in [7, 11) is -3.42. The fourth-order valence-electron chi connectivity index (χ4n) is 1.28. The Morgan fingerprint density at radius 1 is 1.47 bits per heavy atom. The Morgan fingerprint density at radius 2 is 2.00 bits per heavy atom. The zero-order valence-corrected chi connectivity index (χ0v) is 10.3. The van der Waals surface area contributed by atoms with Gasteiger partial charge >= 0.3 is 0 Å². The quantitative estimate of drug-likeness (QED) is 0.686. The minimum atomic E-state index is -3.42. The molecule has 15 heavy (non-hydrogen) atoms. The molecular weight excluding hydrogens is 216 g/mol. The van der Waals surface area contributed by atoms with Crippen molar-refractivity contribution >= 4 is 10.2 Å². The lowest BCUT2D eigenvalue weighted by Crippen LogP contribution is -2.47. The number of nitrogens with one attached hydrogen (secondary N) is 1. The van der Waals surface area contributed by atoms with E-state index in [0.29, 0.717) is 6.54 Å². The zero-order chi connectivity index (χ0) is 11.7. The smallest absolute Gasteiger partial charge is 0.279 e. The second-order valence-electron chi connectivity index (χ2n) is 4.64. The molecule has 0 radical (unpaired) electrons. The molecule has 0 atom stereocenters. The average molecular weight is 236 g/mol. The summed E-state index contributed by atoms with van der Waals surface area (Å²) in [6, 6.07) is 0.103. The van der Waals surface area contributed by atoms with Crippen molar-refractivity contribution in [2.75, 3.05) is 13.1 Å². The molecule has 1 aliphatic carbocycles. The van der Waals surface area contributed by atoms with Crippen molar-refractivity contribution < 1.29 is 13.5 Å². The van der Waals surface area contributed by atoms with Crippen LogP contribution in [0.1, 0.15) is 33.6 Å². The molecule has 0 amide bonds. The summed E-state index contributed by atoms with van der Waals surface area (Å²) < 4.78 is 27.4. The predicted octanol–water partition coefficient (Wildman–Crippen LogP) is 0.0760. The third kappa shape index (κ3) is 4.46. The highest BCUT2D eigenvalue weighted by molar-refractivity contribution is 7.87. The summed E-state index contributed by atoms with van der Waals surface area (Å²) in [6.07, 6.45) is 1.83. The van der Waals surface area contributed by atoms with Crippen LogP contribution < -0.4 is 4.72 Å². The van der Waals surface area contributed by atoms with E-state index in [2.05, 4.69) is 4.72 Å². The number of likely N-dealkylation sites (N-methyl/N-ethyl adjacent to an activating group) is 1. The van der Waals surface area contributed by atoms with Gasteiger partial charge in [0.05, 0.1) is 5.60 Å². The van der Waals surface area contributed by atoms with Gasteiger partial charge in [-0.15, -0.1) is 0 Å². The first-order valence-electron chi connectivity index (χ1n) is 5.24. The van der Waals surface area contributed by atoms with Crippen LogP contribution in [-0.2, 0) is 10.2 Å². The van der Waals surface area contributed by atoms with E-state index in [1.807, 2.05) is 0 Å². The Morgan fingerprint density at radius 3 is 2.33 bits per heavy atom. The topological polar surface area (TPSA) is 69.6 Å². The molecule has 0 bridgehead atoms. The largest absolute Gasteiger partial charge is 0.389 e. The van der Waals surface area contributed by atoms with E-state index in [1.165, 1.54) is 4.31 Å². The highest BCUT2D eigenvalue weighted by Crippen LogP contribution is 2.21. The van der Waals surface area contributed by atoms with Gasteiger partial charge in [0.15, 0.2) is 0 Å². The second kappa shape index (κ2) is 4.37. The molecule has 0 aliphatic heterocycles. The van der Waals surface area contributed by atoms with Gasteiger partial charge in [-0.05, 0) is 26.7 Å². The van der Waals surface area contributed by atoms with Crippen molar-refractivity contribution in [3.8, 4) is 0 Å². The lowest BCUT2D eigenvalue weighted by molar-refractivity contribution is 0.0598. The van der Waals surface area contributed by atoms with Crippen molar-refractivity contribution in [1.29, 1.82) is 0 Å². The van der Waals surface area contributed by atoms with Gasteiger partial charge in [0.2, 0.25) is 0 Å². The predicted molar refractivity (Wildman–Crippen MR) is 58.6 cm³/mol. The second-order valence-corrected chi connectivity index (χ2v) is 6.34. The first-order valence-corrected chi connectivity index (χ1v) is 6.68. The van der Waals surface area contributed by atoms with Crippen LogP contribution in [0, 0.1) is 0 Å². The van der Waals surface area contributed by atoms with Gasteiger partial charge in [0.25, 0.3) is 10.2 Å². The van der Waals surface area contributed by atoms with E-state index in [4.69, 9.17) is 0 Å². The molecule has 1 aliphatic rings. The van der Waals surface area contributed by atoms with Gasteiger partial charge in [0.1, 0.15) is 0 Å². The summed E-state index contributed by atoms with van der Waals surface area (Å²) in [6.45, 7) is 5.44. The van der Waals surface area contributed by atoms with Crippen molar-refractivity contribution in [3.63, 3.8) is 0 Å². The molecule has 90 valence electrons. The summed E-state index contributed by atoms with van der Waals surface area (Å²) in [5.74, 6) is 0. The third-order valence-corrected chi connectivity index (χ3v) is 3.85. The first-order chi connectivity index (χ1) is 6.74. The maximum atomic E-state index is 11.8. The van der Waals surface area contributed by atoms with Crippen LogP contribution in [0.4, 0.5) is 0 Å². The van der Waals surface area contributed by atoms with Gasteiger partial charge in [-0.25, -0.2) is 0 Å². The number of aliphatic hydroxyl groups is 1. The Hall–Kier alpha value is -0.170. The SMILES string of the molecule is CCN(CC(C)(C)O)S(=O)(=O)NC1CC1. The normalized spacial score (nSPS) is 18.5. The van der Waals surface area contributed by atoms with E-state index >= 15 is 0 Å². The molecule has 0 heterocycles. The van der Waals surface area contributed by atoms with Crippen LogP contribution in [0.25, 0.3) is 0 Å². The molecule has 1 rings (SSSR count). The molecule has 0 aromatic rings. The molecule has 0 aromatic heterocycles. The van der Waals surface area contributed by atoms with Gasteiger partial charge in [-0.2, -0.15) is 17.4 Å². The standard InChI is InChI=1S/C9H20N2O3S/c1-4-11(7-9(2,3)12)15(13,14)10-8-5-6-8/h8,10,12H,4-7H2,1-3H3. The van der Waals surface area contributed by atoms with E-state index in [-0.39, 0.29) is 12.6 Å². The molecule has 0 aromatic carbocycles. The minimum Gasteiger partial charge on any atom is -0.389 e. The van der Waals surface area contributed by atoms with Crippen LogP contribution in [0.5, 0.6) is 0 Å². The van der Waals surface area contributed by atoms with E-state index < -0.39 is 15.8 Å². The highest BCUT2D eigenvalue weighted by atomic mass is 32.2. The first kappa shape index (κ1) is 12.9. The van der Waals surface area contributed by atoms with Gasteiger partial charge in [0, 0.05) is 19.1 Å². The third-order valence-electron chi connectivity index (χ3n) is 2.15. The average Bonchev–Trinajstić information content (AvgIpc) is 2.81. The monoisotopic (exact) mass is 236 g/mol. The highest BCUT2D eigenvalue weighted by Gasteiger charge is 2.32. The van der Waals surface area contributed by atoms with E-state index in [1.54, 1.807) is 20.8 Å². The van der Waals surface area contributed by atoms with Gasteiger partial charge < -0.3 is 5.11 Å². The van der Waals surface area contributed by atoms with E-state index in [0.717, 1.165) is 12.8 Å². The van der Waals surface area contributed by atoms with Crippen molar-refractivity contribution in [3.05, 3.63) is 0 Å². The van der Waals surface area contributed by atoms with Crippen LogP contribution in [0.15, 0.2) is 0 Å². The van der Waals surface area contributed by atoms with E-state index in [9.17, 15) is 13.5 Å². The molecule has 2 N–H and O–H groups in total. The molecule has 0 saturated heterocycles. The Bertz CT molecular complexity index is 304. The molecule has 1 fully saturated rings. The van der Waals surface area contributed by atoms with Crippen LogP contribution in [-0.4, -0.2) is 42.6 Å². The van der Waals surface area contributed by atoms with Crippen molar-refractivity contribution in [2.45, 2.75) is 45.3 Å². The van der Waals surface area contributed by atoms with Crippen molar-refractivity contribution in [1.82, 2.24) is 9.03 Å². The zero-order valence-electron chi connectivity index (χ0n) is 9.52.